The smallest absolute Gasteiger partial charge is 0.376 e. The molecule has 2 aliphatic rings. The highest BCUT2D eigenvalue weighted by molar-refractivity contribution is 7.88. The summed E-state index contributed by atoms with van der Waals surface area (Å²) < 4.78 is 63.3. The zero-order valence-corrected chi connectivity index (χ0v) is 15.7. The van der Waals surface area contributed by atoms with E-state index in [4.69, 9.17) is 0 Å². The molecule has 0 radical (unpaired) electrons. The highest BCUT2D eigenvalue weighted by Crippen LogP contribution is 2.58. The first-order chi connectivity index (χ1) is 12.1. The molecule has 0 aromatic heterocycles. The maximum absolute atomic E-state index is 12.4. The van der Waals surface area contributed by atoms with Gasteiger partial charge in [-0.05, 0) is 73.5 Å². The Hall–Kier alpha value is -1.24. The summed E-state index contributed by atoms with van der Waals surface area (Å²) in [4.78, 5) is 0. The van der Waals surface area contributed by atoms with E-state index in [1.807, 2.05) is 0 Å². The van der Waals surface area contributed by atoms with Crippen LogP contribution in [0.2, 0.25) is 0 Å². The van der Waals surface area contributed by atoms with Gasteiger partial charge in [0.2, 0.25) is 0 Å². The van der Waals surface area contributed by atoms with Gasteiger partial charge >= 0.3 is 15.6 Å². The molecule has 26 heavy (non-hydrogen) atoms. The van der Waals surface area contributed by atoms with Crippen molar-refractivity contribution in [3.05, 3.63) is 29.8 Å². The molecule has 1 aromatic carbocycles. The first kappa shape index (κ1) is 19.5. The minimum atomic E-state index is -5.61. The lowest BCUT2D eigenvalue weighted by molar-refractivity contribution is -0.0500. The van der Waals surface area contributed by atoms with Gasteiger partial charge in [-0.3, -0.25) is 0 Å². The monoisotopic (exact) mass is 390 g/mol. The molecule has 7 heteroatoms. The number of hydrogen-bond donors (Lipinski definition) is 0. The molecule has 0 saturated heterocycles. The van der Waals surface area contributed by atoms with Crippen molar-refractivity contribution in [1.82, 2.24) is 0 Å². The van der Waals surface area contributed by atoms with Gasteiger partial charge in [-0.25, -0.2) is 0 Å². The predicted molar refractivity (Wildman–Crippen MR) is 93.3 cm³/mol. The summed E-state index contributed by atoms with van der Waals surface area (Å²) >= 11 is 0. The van der Waals surface area contributed by atoms with Crippen LogP contribution in [-0.4, -0.2) is 13.9 Å². The van der Waals surface area contributed by atoms with Crippen LogP contribution >= 0.6 is 0 Å². The van der Waals surface area contributed by atoms with Gasteiger partial charge in [-0.15, -0.1) is 0 Å². The molecule has 0 aliphatic heterocycles. The molecule has 0 unspecified atom stereocenters. The van der Waals surface area contributed by atoms with Crippen molar-refractivity contribution in [3.63, 3.8) is 0 Å². The fraction of sp³-hybridized carbons (Fsp3) is 0.684. The van der Waals surface area contributed by atoms with Gasteiger partial charge in [-0.2, -0.15) is 21.6 Å². The minimum Gasteiger partial charge on any atom is -0.376 e. The van der Waals surface area contributed by atoms with E-state index in [0.29, 0.717) is 11.3 Å². The van der Waals surface area contributed by atoms with Crippen LogP contribution in [-0.2, 0) is 10.1 Å². The van der Waals surface area contributed by atoms with E-state index in [1.54, 1.807) is 12.1 Å². The molecule has 1 aromatic rings. The molecule has 146 valence electrons. The Kier molecular flexibility index (Phi) is 5.30. The highest BCUT2D eigenvalue weighted by atomic mass is 32.2. The summed E-state index contributed by atoms with van der Waals surface area (Å²) in [6.07, 6.45) is 9.84. The summed E-state index contributed by atoms with van der Waals surface area (Å²) in [5.41, 5.74) is -3.84. The van der Waals surface area contributed by atoms with E-state index >= 15 is 0 Å². The van der Waals surface area contributed by atoms with Crippen molar-refractivity contribution in [3.8, 4) is 5.75 Å². The number of hydrogen-bond acceptors (Lipinski definition) is 3. The standard InChI is InChI=1S/C19H25F3O3S/c1-2-3-14-12-18(13-14)10-8-16(9-11-18)15-4-6-17(7-5-15)25-26(23,24)19(20,21)22/h4-7,14,16H,2-3,8-13H2,1H3. The van der Waals surface area contributed by atoms with Crippen molar-refractivity contribution in [1.29, 1.82) is 0 Å². The van der Waals surface area contributed by atoms with Crippen molar-refractivity contribution in [2.75, 3.05) is 0 Å². The van der Waals surface area contributed by atoms with Crippen LogP contribution in [0.25, 0.3) is 0 Å². The summed E-state index contributed by atoms with van der Waals surface area (Å²) in [7, 11) is -5.61. The Bertz CT molecular complexity index is 709. The van der Waals surface area contributed by atoms with Gasteiger partial charge in [-0.1, -0.05) is 31.9 Å². The zero-order chi connectivity index (χ0) is 19.0. The van der Waals surface area contributed by atoms with Crippen LogP contribution in [0.5, 0.6) is 5.75 Å². The van der Waals surface area contributed by atoms with E-state index in [-0.39, 0.29) is 5.75 Å². The second-order valence-electron chi connectivity index (χ2n) is 7.89. The SMILES string of the molecule is CCCC1CC2(CCC(c3ccc(OS(=O)(=O)C(F)(F)F)cc3)CC2)C1. The molecule has 0 amide bonds. The van der Waals surface area contributed by atoms with E-state index in [2.05, 4.69) is 11.1 Å². The highest BCUT2D eigenvalue weighted by Gasteiger charge is 2.48. The predicted octanol–water partition coefficient (Wildman–Crippen LogP) is 5.77. The average Bonchev–Trinajstić information content (AvgIpc) is 2.54. The minimum absolute atomic E-state index is 0.306. The van der Waals surface area contributed by atoms with Crippen LogP contribution in [0.1, 0.15) is 69.8 Å². The number of benzene rings is 1. The molecule has 3 rings (SSSR count). The number of alkyl halides is 3. The Morgan fingerprint density at radius 1 is 1.12 bits per heavy atom. The second kappa shape index (κ2) is 7.06. The van der Waals surface area contributed by atoms with Crippen molar-refractivity contribution in [2.24, 2.45) is 11.3 Å². The Morgan fingerprint density at radius 3 is 2.19 bits per heavy atom. The van der Waals surface area contributed by atoms with E-state index in [0.717, 1.165) is 24.3 Å². The Balaban J connectivity index is 1.56. The van der Waals surface area contributed by atoms with Crippen LogP contribution in [0.4, 0.5) is 13.2 Å². The fourth-order valence-corrected chi connectivity index (χ4v) is 5.18. The summed E-state index contributed by atoms with van der Waals surface area (Å²) in [5.74, 6) is 0.974. The molecular formula is C19H25F3O3S. The largest absolute Gasteiger partial charge is 0.534 e. The lowest BCUT2D eigenvalue weighted by Crippen LogP contribution is -2.39. The van der Waals surface area contributed by atoms with Crippen LogP contribution in [0.15, 0.2) is 24.3 Å². The van der Waals surface area contributed by atoms with Gasteiger partial charge in [0.05, 0.1) is 0 Å². The van der Waals surface area contributed by atoms with Gasteiger partial charge in [0, 0.05) is 0 Å². The lowest BCUT2D eigenvalue weighted by Gasteiger charge is -2.52. The third-order valence-corrected chi connectivity index (χ3v) is 7.01. The molecule has 0 heterocycles. The lowest BCUT2D eigenvalue weighted by atomic mass is 9.53. The van der Waals surface area contributed by atoms with E-state index < -0.39 is 15.6 Å². The average molecular weight is 390 g/mol. The Labute approximate surface area is 153 Å². The molecule has 2 saturated carbocycles. The van der Waals surface area contributed by atoms with Gasteiger partial charge < -0.3 is 4.18 Å². The molecule has 0 N–H and O–H groups in total. The third kappa shape index (κ3) is 4.02. The molecule has 3 nitrogen and oxygen atoms in total. The molecular weight excluding hydrogens is 365 g/mol. The molecule has 2 fully saturated rings. The topological polar surface area (TPSA) is 43.4 Å². The van der Waals surface area contributed by atoms with Gasteiger partial charge in [0.15, 0.2) is 0 Å². The Morgan fingerprint density at radius 2 is 1.69 bits per heavy atom. The van der Waals surface area contributed by atoms with Crippen LogP contribution in [0.3, 0.4) is 0 Å². The molecule has 2 aliphatic carbocycles. The quantitative estimate of drug-likeness (QED) is 0.474. The molecule has 0 bridgehead atoms. The van der Waals surface area contributed by atoms with Crippen molar-refractivity contribution in [2.45, 2.75) is 69.7 Å². The maximum Gasteiger partial charge on any atom is 0.534 e. The van der Waals surface area contributed by atoms with Gasteiger partial charge in [0.25, 0.3) is 0 Å². The molecule has 0 atom stereocenters. The summed E-state index contributed by atoms with van der Waals surface area (Å²) in [6.45, 7) is 2.23. The first-order valence-electron chi connectivity index (χ1n) is 9.25. The fourth-order valence-electron chi connectivity index (χ4n) is 4.72. The van der Waals surface area contributed by atoms with Crippen LogP contribution < -0.4 is 4.18 Å². The summed E-state index contributed by atoms with van der Waals surface area (Å²) in [5, 5.41) is 0. The normalized spacial score (nSPS) is 29.4. The second-order valence-corrected chi connectivity index (χ2v) is 9.43. The molecule has 1 spiro atoms. The van der Waals surface area contributed by atoms with E-state index in [9.17, 15) is 21.6 Å². The van der Waals surface area contributed by atoms with Crippen molar-refractivity contribution >= 4 is 10.1 Å². The third-order valence-electron chi connectivity index (χ3n) is 6.03. The summed E-state index contributed by atoms with van der Waals surface area (Å²) in [6, 6.07) is 5.99. The number of rotatable bonds is 5. The first-order valence-corrected chi connectivity index (χ1v) is 10.7. The van der Waals surface area contributed by atoms with Crippen LogP contribution in [0, 0.1) is 11.3 Å². The van der Waals surface area contributed by atoms with E-state index in [1.165, 1.54) is 50.7 Å². The van der Waals surface area contributed by atoms with Gasteiger partial charge in [0.1, 0.15) is 5.75 Å². The number of halogens is 3. The van der Waals surface area contributed by atoms with Crippen molar-refractivity contribution < 1.29 is 25.8 Å². The maximum atomic E-state index is 12.4. The zero-order valence-electron chi connectivity index (χ0n) is 14.9.